The van der Waals surface area contributed by atoms with Gasteiger partial charge in [0.15, 0.2) is 0 Å². The van der Waals surface area contributed by atoms with E-state index in [2.05, 4.69) is 22.2 Å². The molecule has 2 heterocycles. The minimum atomic E-state index is -0.607. The van der Waals surface area contributed by atoms with Crippen LogP contribution in [0.25, 0.3) is 0 Å². The normalized spacial score (nSPS) is 11.3. The predicted molar refractivity (Wildman–Crippen MR) is 164 cm³/mol. The molecule has 0 saturated heterocycles. The van der Waals surface area contributed by atoms with E-state index in [0.717, 1.165) is 19.3 Å². The average Bonchev–Trinajstić information content (AvgIpc) is 2.92. The zero-order valence-electron chi connectivity index (χ0n) is 25.4. The molecule has 0 aromatic carbocycles. The molecule has 0 radical (unpaired) electrons. The molecule has 0 aliphatic heterocycles. The molecule has 10 heteroatoms. The van der Waals surface area contributed by atoms with Gasteiger partial charge in [0.25, 0.3) is 11.1 Å². The number of nitrogens with one attached hydrogen (secondary N) is 3. The lowest BCUT2D eigenvalue weighted by Gasteiger charge is -2.21. The van der Waals surface area contributed by atoms with Crippen LogP contribution in [0.3, 0.4) is 0 Å². The van der Waals surface area contributed by atoms with Gasteiger partial charge in [0.05, 0.1) is 6.04 Å². The molecule has 0 aliphatic rings. The van der Waals surface area contributed by atoms with Crippen molar-refractivity contribution in [3.63, 3.8) is 0 Å². The number of hydrogen-bond acceptors (Lipinski definition) is 5. The average molecular weight is 574 g/mol. The molecule has 0 spiro atoms. The number of aryl methyl sites for hydroxylation is 2. The number of unbranched alkanes of at least 4 members (excludes halogenated alkanes) is 14. The second-order valence-corrected chi connectivity index (χ2v) is 11.4. The van der Waals surface area contributed by atoms with Gasteiger partial charge in [-0.25, -0.2) is 9.59 Å². The van der Waals surface area contributed by atoms with Gasteiger partial charge < -0.3 is 5.32 Å². The summed E-state index contributed by atoms with van der Waals surface area (Å²) in [6.07, 6.45) is 22.0. The molecular formula is C31H51N5O5. The molecule has 0 fully saturated rings. The smallest absolute Gasteiger partial charge is 0.328 e. The molecular weight excluding hydrogens is 522 g/mol. The number of nitrogens with zero attached hydrogens (tertiary/aromatic N) is 2. The van der Waals surface area contributed by atoms with Gasteiger partial charge in [0.2, 0.25) is 5.91 Å². The molecule has 2 rings (SSSR count). The third kappa shape index (κ3) is 13.4. The molecule has 0 aliphatic carbocycles. The first-order valence-electron chi connectivity index (χ1n) is 15.6. The number of carbonyl (C=O) groups excluding carboxylic acids is 1. The summed E-state index contributed by atoms with van der Waals surface area (Å²) >= 11 is 0. The van der Waals surface area contributed by atoms with Crippen LogP contribution < -0.4 is 27.8 Å². The molecule has 3 N–H and O–H groups in total. The molecule has 0 saturated carbocycles. The third-order valence-electron chi connectivity index (χ3n) is 7.58. The second-order valence-electron chi connectivity index (χ2n) is 11.4. The van der Waals surface area contributed by atoms with Gasteiger partial charge in [-0.3, -0.25) is 33.5 Å². The highest BCUT2D eigenvalue weighted by atomic mass is 16.2. The molecule has 1 amide bonds. The van der Waals surface area contributed by atoms with Crippen LogP contribution in [0.1, 0.15) is 121 Å². The molecule has 10 nitrogen and oxygen atoms in total. The highest BCUT2D eigenvalue weighted by molar-refractivity contribution is 5.76. The Hall–Kier alpha value is -3.17. The van der Waals surface area contributed by atoms with Crippen LogP contribution in [-0.2, 0) is 17.9 Å². The van der Waals surface area contributed by atoms with Crippen molar-refractivity contribution in [1.82, 2.24) is 24.4 Å². The van der Waals surface area contributed by atoms with Gasteiger partial charge in [0.1, 0.15) is 0 Å². The van der Waals surface area contributed by atoms with Crippen LogP contribution in [0.2, 0.25) is 0 Å². The van der Waals surface area contributed by atoms with Gasteiger partial charge in [-0.1, -0.05) is 96.8 Å². The quantitative estimate of drug-likeness (QED) is 0.189. The maximum Gasteiger partial charge on any atom is 0.328 e. The van der Waals surface area contributed by atoms with E-state index in [1.807, 2.05) is 0 Å². The summed E-state index contributed by atoms with van der Waals surface area (Å²) in [6.45, 7) is 5.56. The van der Waals surface area contributed by atoms with Gasteiger partial charge in [-0.2, -0.15) is 0 Å². The summed E-state index contributed by atoms with van der Waals surface area (Å²) in [4.78, 5) is 65.5. The number of carbonyl (C=O) groups is 1. The molecule has 0 bridgehead atoms. The van der Waals surface area contributed by atoms with E-state index in [4.69, 9.17) is 0 Å². The Morgan fingerprint density at radius 1 is 0.659 bits per heavy atom. The first-order valence-corrected chi connectivity index (χ1v) is 15.6. The lowest BCUT2D eigenvalue weighted by atomic mass is 10.0. The van der Waals surface area contributed by atoms with Crippen molar-refractivity contribution >= 4 is 5.91 Å². The first-order chi connectivity index (χ1) is 19.7. The Bertz CT molecular complexity index is 1210. The van der Waals surface area contributed by atoms with E-state index in [0.29, 0.717) is 17.5 Å². The zero-order valence-corrected chi connectivity index (χ0v) is 25.4. The number of rotatable bonds is 21. The van der Waals surface area contributed by atoms with Crippen molar-refractivity contribution in [2.75, 3.05) is 0 Å². The Morgan fingerprint density at radius 3 is 1.41 bits per heavy atom. The lowest BCUT2D eigenvalue weighted by Crippen LogP contribution is -2.46. The highest BCUT2D eigenvalue weighted by Gasteiger charge is 2.17. The maximum atomic E-state index is 12.8. The van der Waals surface area contributed by atoms with Crippen molar-refractivity contribution in [3.05, 3.63) is 65.2 Å². The summed E-state index contributed by atoms with van der Waals surface area (Å²) in [5.74, 6) is -0.159. The SMILES string of the molecule is CCCCCCCCCCCCCCCCCC(=O)NC(Cn1cc(C)c(=O)[nH]c1=O)Cn1cc(C)c(=O)[nH]c1=O. The van der Waals surface area contributed by atoms with E-state index in [1.165, 1.54) is 98.6 Å². The topological polar surface area (TPSA) is 139 Å². The largest absolute Gasteiger partial charge is 0.350 e. The number of aromatic nitrogens is 4. The fourth-order valence-corrected chi connectivity index (χ4v) is 5.09. The van der Waals surface area contributed by atoms with Crippen LogP contribution in [0.15, 0.2) is 31.6 Å². The Morgan fingerprint density at radius 2 is 1.02 bits per heavy atom. The minimum absolute atomic E-state index is 0.0612. The van der Waals surface area contributed by atoms with E-state index in [-0.39, 0.29) is 19.0 Å². The summed E-state index contributed by atoms with van der Waals surface area (Å²) in [7, 11) is 0. The number of H-pyrrole nitrogens is 2. The first kappa shape index (κ1) is 34.0. The molecule has 2 aromatic heterocycles. The summed E-state index contributed by atoms with van der Waals surface area (Å²) in [5, 5.41) is 2.94. The van der Waals surface area contributed by atoms with Crippen molar-refractivity contribution in [2.24, 2.45) is 0 Å². The number of hydrogen-bond donors (Lipinski definition) is 3. The van der Waals surface area contributed by atoms with Crippen molar-refractivity contribution in [1.29, 1.82) is 0 Å². The molecule has 0 unspecified atom stereocenters. The fraction of sp³-hybridized carbons (Fsp3) is 0.710. The van der Waals surface area contributed by atoms with E-state index >= 15 is 0 Å². The van der Waals surface area contributed by atoms with Crippen molar-refractivity contribution in [3.8, 4) is 0 Å². The monoisotopic (exact) mass is 573 g/mol. The second kappa shape index (κ2) is 19.0. The summed E-state index contributed by atoms with van der Waals surface area (Å²) < 4.78 is 2.64. The van der Waals surface area contributed by atoms with Crippen LogP contribution in [0.5, 0.6) is 0 Å². The van der Waals surface area contributed by atoms with Gasteiger partial charge in [-0.15, -0.1) is 0 Å². The van der Waals surface area contributed by atoms with E-state index in [9.17, 15) is 24.0 Å². The van der Waals surface area contributed by atoms with Crippen LogP contribution in [0.4, 0.5) is 0 Å². The maximum absolute atomic E-state index is 12.8. The lowest BCUT2D eigenvalue weighted by molar-refractivity contribution is -0.122. The van der Waals surface area contributed by atoms with Crippen molar-refractivity contribution in [2.45, 2.75) is 143 Å². The van der Waals surface area contributed by atoms with Gasteiger partial charge >= 0.3 is 11.4 Å². The Kier molecular flexibility index (Phi) is 15.8. The van der Waals surface area contributed by atoms with Crippen LogP contribution in [0, 0.1) is 13.8 Å². The van der Waals surface area contributed by atoms with Crippen LogP contribution >= 0.6 is 0 Å². The standard InChI is InChI=1S/C31H51N5O5/c1-4-5-6-7-8-9-10-11-12-13-14-15-16-17-18-19-27(37)32-26(22-35-20-24(2)28(38)33-30(35)40)23-36-21-25(3)29(39)34-31(36)41/h20-21,26H,4-19,22-23H2,1-3H3,(H,32,37)(H,33,38,40)(H,34,39,41). The van der Waals surface area contributed by atoms with E-state index < -0.39 is 28.5 Å². The Labute approximate surface area is 243 Å². The molecule has 0 atom stereocenters. The predicted octanol–water partition coefficient (Wildman–Crippen LogP) is 4.45. The van der Waals surface area contributed by atoms with Crippen molar-refractivity contribution < 1.29 is 4.79 Å². The summed E-state index contributed by atoms with van der Waals surface area (Å²) in [5.41, 5.74) is -1.38. The molecule has 41 heavy (non-hydrogen) atoms. The zero-order chi connectivity index (χ0) is 30.0. The minimum Gasteiger partial charge on any atom is -0.350 e. The van der Waals surface area contributed by atoms with Gasteiger partial charge in [-0.05, 0) is 20.3 Å². The number of amides is 1. The third-order valence-corrected chi connectivity index (χ3v) is 7.58. The fourth-order valence-electron chi connectivity index (χ4n) is 5.09. The van der Waals surface area contributed by atoms with Gasteiger partial charge in [0, 0.05) is 43.0 Å². The molecule has 2 aromatic rings. The molecule has 230 valence electrons. The Balaban J connectivity index is 1.75. The van der Waals surface area contributed by atoms with Crippen LogP contribution in [-0.4, -0.2) is 31.1 Å². The highest BCUT2D eigenvalue weighted by Crippen LogP contribution is 2.13. The number of aromatic amines is 2. The van der Waals surface area contributed by atoms with E-state index in [1.54, 1.807) is 13.8 Å². The summed E-state index contributed by atoms with van der Waals surface area (Å²) in [6, 6.07) is -0.607.